The van der Waals surface area contributed by atoms with E-state index in [9.17, 15) is 0 Å². The molecular formula is C15H15N3S. The van der Waals surface area contributed by atoms with Crippen LogP contribution in [0.2, 0.25) is 0 Å². The largest absolute Gasteiger partial charge is 0.362 e. The molecule has 0 aliphatic carbocycles. The van der Waals surface area contributed by atoms with Gasteiger partial charge in [-0.2, -0.15) is 0 Å². The van der Waals surface area contributed by atoms with Crippen molar-refractivity contribution in [1.29, 1.82) is 0 Å². The molecule has 0 aliphatic rings. The third kappa shape index (κ3) is 2.08. The molecular weight excluding hydrogens is 254 g/mol. The first-order chi connectivity index (χ1) is 9.16. The first-order valence-electron chi connectivity index (χ1n) is 6.15. The standard InChI is InChI=1S/C15H15N3S/c1-10-16-14(18(2)3)13-12(9-19-15(13)17-10)11-7-5-4-6-8-11/h4-9H,1-3H3. The van der Waals surface area contributed by atoms with Crippen molar-refractivity contribution < 1.29 is 0 Å². The van der Waals surface area contributed by atoms with Crippen LogP contribution in [0.3, 0.4) is 0 Å². The summed E-state index contributed by atoms with van der Waals surface area (Å²) in [5.74, 6) is 1.81. The minimum atomic E-state index is 0.817. The summed E-state index contributed by atoms with van der Waals surface area (Å²) in [5, 5.41) is 3.31. The van der Waals surface area contributed by atoms with E-state index >= 15 is 0 Å². The highest BCUT2D eigenvalue weighted by atomic mass is 32.1. The van der Waals surface area contributed by atoms with Gasteiger partial charge in [-0.05, 0) is 12.5 Å². The van der Waals surface area contributed by atoms with Gasteiger partial charge < -0.3 is 4.90 Å². The molecule has 4 heteroatoms. The van der Waals surface area contributed by atoms with Crippen LogP contribution in [0.25, 0.3) is 21.3 Å². The molecule has 0 saturated carbocycles. The number of benzene rings is 1. The van der Waals surface area contributed by atoms with Crippen LogP contribution < -0.4 is 4.90 Å². The molecule has 2 aromatic heterocycles. The van der Waals surface area contributed by atoms with E-state index in [0.717, 1.165) is 21.9 Å². The topological polar surface area (TPSA) is 29.0 Å². The van der Waals surface area contributed by atoms with Crippen molar-refractivity contribution in [3.05, 3.63) is 41.5 Å². The maximum Gasteiger partial charge on any atom is 0.141 e. The number of rotatable bonds is 2. The molecule has 3 nitrogen and oxygen atoms in total. The molecule has 0 radical (unpaired) electrons. The van der Waals surface area contributed by atoms with E-state index in [4.69, 9.17) is 0 Å². The maximum absolute atomic E-state index is 4.58. The quantitative estimate of drug-likeness (QED) is 0.709. The minimum Gasteiger partial charge on any atom is -0.362 e. The second-order valence-corrected chi connectivity index (χ2v) is 5.54. The molecule has 0 bridgehead atoms. The Labute approximate surface area is 116 Å². The molecule has 0 atom stereocenters. The highest BCUT2D eigenvalue weighted by Crippen LogP contribution is 2.37. The lowest BCUT2D eigenvalue weighted by atomic mass is 10.1. The Morgan fingerprint density at radius 3 is 2.47 bits per heavy atom. The summed E-state index contributed by atoms with van der Waals surface area (Å²) in [5.41, 5.74) is 2.42. The highest BCUT2D eigenvalue weighted by Gasteiger charge is 2.15. The molecule has 19 heavy (non-hydrogen) atoms. The first-order valence-corrected chi connectivity index (χ1v) is 7.03. The molecule has 3 rings (SSSR count). The number of aromatic nitrogens is 2. The number of hydrogen-bond acceptors (Lipinski definition) is 4. The molecule has 0 aliphatic heterocycles. The average molecular weight is 269 g/mol. The number of thiophene rings is 1. The van der Waals surface area contributed by atoms with Crippen molar-refractivity contribution in [1.82, 2.24) is 9.97 Å². The molecule has 2 heterocycles. The van der Waals surface area contributed by atoms with Gasteiger partial charge in [0.05, 0.1) is 5.39 Å². The van der Waals surface area contributed by atoms with E-state index < -0.39 is 0 Å². The van der Waals surface area contributed by atoms with E-state index in [-0.39, 0.29) is 0 Å². The van der Waals surface area contributed by atoms with Gasteiger partial charge in [-0.15, -0.1) is 11.3 Å². The van der Waals surface area contributed by atoms with Gasteiger partial charge in [0, 0.05) is 25.0 Å². The van der Waals surface area contributed by atoms with Crippen molar-refractivity contribution in [2.45, 2.75) is 6.92 Å². The Morgan fingerprint density at radius 2 is 1.79 bits per heavy atom. The lowest BCUT2D eigenvalue weighted by molar-refractivity contribution is 1.02. The van der Waals surface area contributed by atoms with Crippen LogP contribution in [0.5, 0.6) is 0 Å². The Bertz CT molecular complexity index is 717. The zero-order valence-electron chi connectivity index (χ0n) is 11.2. The minimum absolute atomic E-state index is 0.817. The second-order valence-electron chi connectivity index (χ2n) is 4.68. The number of hydrogen-bond donors (Lipinski definition) is 0. The molecule has 0 saturated heterocycles. The maximum atomic E-state index is 4.58. The first kappa shape index (κ1) is 12.1. The van der Waals surface area contributed by atoms with Crippen LogP contribution in [0.1, 0.15) is 5.82 Å². The molecule has 0 spiro atoms. The lowest BCUT2D eigenvalue weighted by Gasteiger charge is -2.14. The van der Waals surface area contributed by atoms with E-state index in [1.165, 1.54) is 11.1 Å². The van der Waals surface area contributed by atoms with Crippen LogP contribution in [0.4, 0.5) is 5.82 Å². The van der Waals surface area contributed by atoms with Crippen LogP contribution in [0, 0.1) is 6.92 Å². The zero-order valence-corrected chi connectivity index (χ0v) is 12.0. The Kier molecular flexibility index (Phi) is 2.95. The zero-order chi connectivity index (χ0) is 13.4. The van der Waals surface area contributed by atoms with Crippen molar-refractivity contribution in [3.8, 4) is 11.1 Å². The van der Waals surface area contributed by atoms with Gasteiger partial charge in [0.25, 0.3) is 0 Å². The predicted molar refractivity (Wildman–Crippen MR) is 81.9 cm³/mol. The average Bonchev–Trinajstić information content (AvgIpc) is 2.82. The number of anilines is 1. The summed E-state index contributed by atoms with van der Waals surface area (Å²) in [4.78, 5) is 12.2. The second kappa shape index (κ2) is 4.63. The number of fused-ring (bicyclic) bond motifs is 1. The third-order valence-corrected chi connectivity index (χ3v) is 3.91. The fourth-order valence-corrected chi connectivity index (χ4v) is 3.17. The van der Waals surface area contributed by atoms with Crippen molar-refractivity contribution in [2.24, 2.45) is 0 Å². The summed E-state index contributed by atoms with van der Waals surface area (Å²) in [6.45, 7) is 1.94. The Morgan fingerprint density at radius 1 is 1.05 bits per heavy atom. The molecule has 0 amide bonds. The normalized spacial score (nSPS) is 10.9. The summed E-state index contributed by atoms with van der Waals surface area (Å²) in [6.07, 6.45) is 0. The fraction of sp³-hybridized carbons (Fsp3) is 0.200. The van der Waals surface area contributed by atoms with Crippen molar-refractivity contribution >= 4 is 27.4 Å². The molecule has 96 valence electrons. The predicted octanol–water partition coefficient (Wildman–Crippen LogP) is 3.73. The van der Waals surface area contributed by atoms with Gasteiger partial charge in [0.1, 0.15) is 16.5 Å². The van der Waals surface area contributed by atoms with Crippen LogP contribution in [-0.4, -0.2) is 24.1 Å². The summed E-state index contributed by atoms with van der Waals surface area (Å²) < 4.78 is 0. The molecule has 1 aromatic carbocycles. The Hall–Kier alpha value is -1.94. The van der Waals surface area contributed by atoms with Crippen LogP contribution in [-0.2, 0) is 0 Å². The molecule has 0 unspecified atom stereocenters. The third-order valence-electron chi connectivity index (χ3n) is 3.03. The number of aryl methyl sites for hydroxylation is 1. The van der Waals surface area contributed by atoms with Crippen molar-refractivity contribution in [2.75, 3.05) is 19.0 Å². The highest BCUT2D eigenvalue weighted by molar-refractivity contribution is 7.17. The van der Waals surface area contributed by atoms with Gasteiger partial charge in [-0.25, -0.2) is 9.97 Å². The Balaban J connectivity index is 2.33. The smallest absolute Gasteiger partial charge is 0.141 e. The van der Waals surface area contributed by atoms with Crippen molar-refractivity contribution in [3.63, 3.8) is 0 Å². The summed E-state index contributed by atoms with van der Waals surface area (Å²) >= 11 is 1.68. The molecule has 3 aromatic rings. The summed E-state index contributed by atoms with van der Waals surface area (Å²) in [7, 11) is 4.04. The van der Waals surface area contributed by atoms with E-state index in [2.05, 4.69) is 44.5 Å². The molecule has 0 N–H and O–H groups in total. The monoisotopic (exact) mass is 269 g/mol. The number of nitrogens with zero attached hydrogens (tertiary/aromatic N) is 3. The SMILES string of the molecule is Cc1nc(N(C)C)c2c(-c3ccccc3)csc2n1. The van der Waals surface area contributed by atoms with Gasteiger partial charge >= 0.3 is 0 Å². The molecule has 0 fully saturated rings. The van der Waals surface area contributed by atoms with Crippen LogP contribution >= 0.6 is 11.3 Å². The van der Waals surface area contributed by atoms with Gasteiger partial charge in [0.15, 0.2) is 0 Å². The van der Waals surface area contributed by atoms with Gasteiger partial charge in [-0.3, -0.25) is 0 Å². The van der Waals surface area contributed by atoms with E-state index in [1.807, 2.05) is 27.1 Å². The summed E-state index contributed by atoms with van der Waals surface area (Å²) in [6, 6.07) is 10.4. The van der Waals surface area contributed by atoms with E-state index in [0.29, 0.717) is 0 Å². The van der Waals surface area contributed by atoms with Gasteiger partial charge in [0.2, 0.25) is 0 Å². The fourth-order valence-electron chi connectivity index (χ4n) is 2.18. The van der Waals surface area contributed by atoms with Crippen LogP contribution in [0.15, 0.2) is 35.7 Å². The van der Waals surface area contributed by atoms with E-state index in [1.54, 1.807) is 11.3 Å². The van der Waals surface area contributed by atoms with Gasteiger partial charge in [-0.1, -0.05) is 30.3 Å². The lowest BCUT2D eigenvalue weighted by Crippen LogP contribution is -2.12.